The largest absolute Gasteiger partial charge is 0.401 e. The van der Waals surface area contributed by atoms with E-state index < -0.39 is 12.7 Å². The van der Waals surface area contributed by atoms with Gasteiger partial charge in [0, 0.05) is 12.6 Å². The Kier molecular flexibility index (Phi) is 5.69. The first-order valence-electron chi connectivity index (χ1n) is 7.71. The molecule has 1 unspecified atom stereocenters. The molecule has 6 heteroatoms. The first-order valence-corrected chi connectivity index (χ1v) is 7.71. The van der Waals surface area contributed by atoms with E-state index >= 15 is 0 Å². The molecule has 0 aromatic heterocycles. The molecule has 118 valence electrons. The molecular weight excluding hydrogens is 267 g/mol. The molecule has 0 spiro atoms. The summed E-state index contributed by atoms with van der Waals surface area (Å²) in [6, 6.07) is 0.398. The van der Waals surface area contributed by atoms with E-state index in [1.165, 1.54) is 17.9 Å². The maximum Gasteiger partial charge on any atom is 0.401 e. The minimum absolute atomic E-state index is 0.398. The van der Waals surface area contributed by atoms with Crippen molar-refractivity contribution in [3.8, 4) is 0 Å². The number of nitrogens with zero attached hydrogens (tertiary/aromatic N) is 2. The van der Waals surface area contributed by atoms with Gasteiger partial charge < -0.3 is 10.2 Å². The van der Waals surface area contributed by atoms with Crippen LogP contribution in [-0.4, -0.2) is 67.8 Å². The molecular formula is C14H26F3N3. The van der Waals surface area contributed by atoms with Gasteiger partial charge in [0.15, 0.2) is 0 Å². The summed E-state index contributed by atoms with van der Waals surface area (Å²) < 4.78 is 36.9. The second-order valence-corrected chi connectivity index (χ2v) is 6.12. The second-order valence-electron chi connectivity index (χ2n) is 6.12. The van der Waals surface area contributed by atoms with Crippen molar-refractivity contribution >= 4 is 0 Å². The minimum atomic E-state index is -4.06. The van der Waals surface area contributed by atoms with E-state index in [0.717, 1.165) is 32.5 Å². The van der Waals surface area contributed by atoms with Gasteiger partial charge >= 0.3 is 6.18 Å². The normalized spacial score (nSPS) is 27.3. The zero-order chi connectivity index (χ0) is 14.6. The summed E-state index contributed by atoms with van der Waals surface area (Å²) in [4.78, 5) is 3.98. The molecule has 0 saturated carbocycles. The molecule has 20 heavy (non-hydrogen) atoms. The lowest BCUT2D eigenvalue weighted by atomic mass is 10.0. The summed E-state index contributed by atoms with van der Waals surface area (Å²) in [6.07, 6.45) is -1.15. The molecule has 1 atom stereocenters. The number of halogens is 3. The number of rotatable bonds is 5. The second kappa shape index (κ2) is 7.09. The van der Waals surface area contributed by atoms with Crippen LogP contribution in [0.5, 0.6) is 0 Å². The Hall–Kier alpha value is -0.330. The van der Waals surface area contributed by atoms with E-state index in [-0.39, 0.29) is 0 Å². The molecule has 2 heterocycles. The Morgan fingerprint density at radius 2 is 1.70 bits per heavy atom. The van der Waals surface area contributed by atoms with Crippen LogP contribution in [0.15, 0.2) is 0 Å². The Morgan fingerprint density at radius 1 is 1.05 bits per heavy atom. The highest BCUT2D eigenvalue weighted by atomic mass is 19.4. The van der Waals surface area contributed by atoms with Crippen molar-refractivity contribution in [2.45, 2.75) is 38.4 Å². The van der Waals surface area contributed by atoms with Crippen LogP contribution >= 0.6 is 0 Å². The first kappa shape index (κ1) is 16.0. The lowest BCUT2D eigenvalue weighted by Gasteiger charge is -2.33. The van der Waals surface area contributed by atoms with Gasteiger partial charge in [-0.3, -0.25) is 4.90 Å². The van der Waals surface area contributed by atoms with Crippen LogP contribution in [0.3, 0.4) is 0 Å². The number of alkyl halides is 3. The fraction of sp³-hybridized carbons (Fsp3) is 1.00. The van der Waals surface area contributed by atoms with Gasteiger partial charge in [0.1, 0.15) is 0 Å². The molecule has 2 rings (SSSR count). The maximum atomic E-state index is 12.3. The third kappa shape index (κ3) is 5.22. The molecule has 2 aliphatic heterocycles. The van der Waals surface area contributed by atoms with Crippen molar-refractivity contribution in [3.63, 3.8) is 0 Å². The minimum Gasteiger partial charge on any atom is -0.314 e. The van der Waals surface area contributed by atoms with Gasteiger partial charge in [-0.2, -0.15) is 13.2 Å². The topological polar surface area (TPSA) is 18.5 Å². The third-order valence-corrected chi connectivity index (χ3v) is 4.50. The quantitative estimate of drug-likeness (QED) is 0.836. The van der Waals surface area contributed by atoms with Gasteiger partial charge in [0.2, 0.25) is 0 Å². The Bertz CT molecular complexity index is 288. The summed E-state index contributed by atoms with van der Waals surface area (Å²) in [7, 11) is 0. The predicted octanol–water partition coefficient (Wildman–Crippen LogP) is 1.94. The number of piperidine rings is 1. The molecule has 2 aliphatic rings. The fourth-order valence-electron chi connectivity index (χ4n) is 3.25. The highest BCUT2D eigenvalue weighted by Crippen LogP contribution is 2.20. The fourth-order valence-corrected chi connectivity index (χ4v) is 3.25. The van der Waals surface area contributed by atoms with Crippen LogP contribution in [0, 0.1) is 5.92 Å². The molecule has 0 bridgehead atoms. The molecule has 1 N–H and O–H groups in total. The lowest BCUT2D eigenvalue weighted by molar-refractivity contribution is -0.148. The van der Waals surface area contributed by atoms with Crippen molar-refractivity contribution < 1.29 is 13.2 Å². The first-order chi connectivity index (χ1) is 9.46. The van der Waals surface area contributed by atoms with Crippen molar-refractivity contribution in [3.05, 3.63) is 0 Å². The van der Waals surface area contributed by atoms with Gasteiger partial charge in [-0.15, -0.1) is 0 Å². The van der Waals surface area contributed by atoms with E-state index in [1.807, 2.05) is 0 Å². The van der Waals surface area contributed by atoms with Gasteiger partial charge in [-0.1, -0.05) is 6.92 Å². The summed E-state index contributed by atoms with van der Waals surface area (Å²) >= 11 is 0. The molecule has 0 aromatic rings. The van der Waals surface area contributed by atoms with Crippen LogP contribution in [0.4, 0.5) is 13.2 Å². The van der Waals surface area contributed by atoms with Crippen LogP contribution in [-0.2, 0) is 0 Å². The van der Waals surface area contributed by atoms with Crippen molar-refractivity contribution in [1.29, 1.82) is 0 Å². The summed E-state index contributed by atoms with van der Waals surface area (Å²) in [5.74, 6) is 0.711. The average molecular weight is 293 g/mol. The smallest absolute Gasteiger partial charge is 0.314 e. The zero-order valence-corrected chi connectivity index (χ0v) is 12.3. The van der Waals surface area contributed by atoms with Crippen LogP contribution in [0.25, 0.3) is 0 Å². The average Bonchev–Trinajstić information content (AvgIpc) is 2.84. The van der Waals surface area contributed by atoms with Gasteiger partial charge in [0.25, 0.3) is 0 Å². The van der Waals surface area contributed by atoms with E-state index in [2.05, 4.69) is 17.1 Å². The zero-order valence-electron chi connectivity index (χ0n) is 12.3. The third-order valence-electron chi connectivity index (χ3n) is 4.50. The van der Waals surface area contributed by atoms with Crippen LogP contribution in [0.1, 0.15) is 26.2 Å². The Labute approximate surface area is 119 Å². The van der Waals surface area contributed by atoms with Crippen LogP contribution in [0.2, 0.25) is 0 Å². The molecule has 3 nitrogen and oxygen atoms in total. The van der Waals surface area contributed by atoms with Crippen molar-refractivity contribution in [1.82, 2.24) is 15.1 Å². The van der Waals surface area contributed by atoms with Gasteiger partial charge in [-0.25, -0.2) is 0 Å². The number of nitrogens with one attached hydrogen (secondary N) is 1. The summed E-state index contributed by atoms with van der Waals surface area (Å²) in [6.45, 7) is 7.03. The molecule has 0 radical (unpaired) electrons. The lowest BCUT2D eigenvalue weighted by Crippen LogP contribution is -2.46. The van der Waals surface area contributed by atoms with Crippen LogP contribution < -0.4 is 5.32 Å². The van der Waals surface area contributed by atoms with Crippen molar-refractivity contribution in [2.75, 3.05) is 45.8 Å². The van der Waals surface area contributed by atoms with E-state index in [4.69, 9.17) is 0 Å². The molecule has 2 fully saturated rings. The van der Waals surface area contributed by atoms with E-state index in [9.17, 15) is 13.2 Å². The molecule has 0 aromatic carbocycles. The standard InChI is InChI=1S/C14H26F3N3/c1-2-19-6-3-12(10-19)9-18-13-4-7-20(8-5-13)11-14(15,16)17/h12-13,18H,2-11H2,1H3. The SMILES string of the molecule is CCN1CCC(CNC2CCN(CC(F)(F)F)CC2)C1. The summed E-state index contributed by atoms with van der Waals surface area (Å²) in [5.41, 5.74) is 0. The van der Waals surface area contributed by atoms with Crippen molar-refractivity contribution in [2.24, 2.45) is 5.92 Å². The maximum absolute atomic E-state index is 12.3. The molecule has 2 saturated heterocycles. The Morgan fingerprint density at radius 3 is 2.25 bits per heavy atom. The molecule has 0 aliphatic carbocycles. The highest BCUT2D eigenvalue weighted by Gasteiger charge is 2.32. The highest BCUT2D eigenvalue weighted by molar-refractivity contribution is 4.82. The van der Waals surface area contributed by atoms with Gasteiger partial charge in [-0.05, 0) is 57.9 Å². The number of hydrogen-bond acceptors (Lipinski definition) is 3. The number of hydrogen-bond donors (Lipinski definition) is 1. The Balaban J connectivity index is 1.60. The van der Waals surface area contributed by atoms with E-state index in [0.29, 0.717) is 25.0 Å². The predicted molar refractivity (Wildman–Crippen MR) is 73.7 cm³/mol. The monoisotopic (exact) mass is 293 g/mol. The van der Waals surface area contributed by atoms with E-state index in [1.54, 1.807) is 0 Å². The van der Waals surface area contributed by atoms with Gasteiger partial charge in [0.05, 0.1) is 6.54 Å². The molecule has 0 amide bonds. The number of likely N-dealkylation sites (tertiary alicyclic amines) is 2. The summed E-state index contributed by atoms with van der Waals surface area (Å²) in [5, 5.41) is 3.56.